The molecule has 0 radical (unpaired) electrons. The zero-order valence-corrected chi connectivity index (χ0v) is 22.1. The Morgan fingerprint density at radius 1 is 0.650 bits per heavy atom. The lowest BCUT2D eigenvalue weighted by Gasteiger charge is -2.14. The fraction of sp³-hybridized carbons (Fsp3) is 0.0286. The molecule has 0 fully saturated rings. The maximum atomic E-state index is 16.1. The third-order valence-corrected chi connectivity index (χ3v) is 8.80. The Morgan fingerprint density at radius 2 is 1.45 bits per heavy atom. The lowest BCUT2D eigenvalue weighted by molar-refractivity contribution is 0.402. The molecule has 0 saturated carbocycles. The van der Waals surface area contributed by atoms with Crippen LogP contribution in [0, 0.1) is 0 Å². The van der Waals surface area contributed by atoms with Crippen molar-refractivity contribution in [2.45, 2.75) is 6.17 Å². The SMILES string of the molecule is FC(c1cccc(-c2ccccn2)c1)c1cccc(-n2c3ccc4c5ccccc5sc4c3c3cccnc32)c1. The van der Waals surface area contributed by atoms with Crippen LogP contribution in [-0.2, 0) is 0 Å². The summed E-state index contributed by atoms with van der Waals surface area (Å²) in [5.74, 6) is 0. The van der Waals surface area contributed by atoms with Crippen molar-refractivity contribution in [1.29, 1.82) is 0 Å². The minimum absolute atomic E-state index is 0.601. The molecule has 8 rings (SSSR count). The Labute approximate surface area is 233 Å². The number of alkyl halides is 1. The summed E-state index contributed by atoms with van der Waals surface area (Å²) in [6.45, 7) is 0. The summed E-state index contributed by atoms with van der Waals surface area (Å²) in [5.41, 5.74) is 5.76. The first kappa shape index (κ1) is 23.1. The average Bonchev–Trinajstić information content (AvgIpc) is 3.57. The predicted octanol–water partition coefficient (Wildman–Crippen LogP) is 9.67. The van der Waals surface area contributed by atoms with Crippen LogP contribution in [0.2, 0.25) is 0 Å². The second-order valence-electron chi connectivity index (χ2n) is 9.94. The van der Waals surface area contributed by atoms with Gasteiger partial charge in [0.05, 0.1) is 11.2 Å². The fourth-order valence-corrected chi connectivity index (χ4v) is 7.03. The van der Waals surface area contributed by atoms with Gasteiger partial charge in [0.1, 0.15) is 5.65 Å². The van der Waals surface area contributed by atoms with Gasteiger partial charge in [0.2, 0.25) is 0 Å². The van der Waals surface area contributed by atoms with E-state index < -0.39 is 6.17 Å². The molecule has 190 valence electrons. The number of hydrogen-bond donors (Lipinski definition) is 0. The van der Waals surface area contributed by atoms with E-state index in [1.54, 1.807) is 6.20 Å². The Balaban J connectivity index is 1.30. The summed E-state index contributed by atoms with van der Waals surface area (Å²) in [4.78, 5) is 9.23. The van der Waals surface area contributed by atoms with E-state index in [9.17, 15) is 0 Å². The second-order valence-corrected chi connectivity index (χ2v) is 11.0. The first-order valence-corrected chi connectivity index (χ1v) is 14.0. The van der Waals surface area contributed by atoms with E-state index in [1.807, 2.05) is 90.3 Å². The van der Waals surface area contributed by atoms with E-state index in [0.29, 0.717) is 11.1 Å². The van der Waals surface area contributed by atoms with Gasteiger partial charge in [-0.1, -0.05) is 60.7 Å². The summed E-state index contributed by atoms with van der Waals surface area (Å²) < 4.78 is 20.8. The predicted molar refractivity (Wildman–Crippen MR) is 164 cm³/mol. The standard InChI is InChI=1S/C35H22FN3S/c36-33(23-9-5-8-22(20-23)29-14-3-4-18-37-29)24-10-6-11-25(21-24)39-30-17-16-27-26-12-1-2-15-31(26)40-34(27)32(30)28-13-7-19-38-35(28)39/h1-21,33H. The van der Waals surface area contributed by atoms with Crippen LogP contribution in [0.25, 0.3) is 59.1 Å². The van der Waals surface area contributed by atoms with Gasteiger partial charge in [0.15, 0.2) is 6.17 Å². The Bertz CT molecular complexity index is 2200. The topological polar surface area (TPSA) is 30.7 Å². The van der Waals surface area contributed by atoms with Gasteiger partial charge in [-0.2, -0.15) is 0 Å². The molecular weight excluding hydrogens is 513 g/mol. The number of aromatic nitrogens is 3. The van der Waals surface area contributed by atoms with E-state index in [4.69, 9.17) is 4.98 Å². The third-order valence-electron chi connectivity index (χ3n) is 7.59. The van der Waals surface area contributed by atoms with Gasteiger partial charge < -0.3 is 0 Å². The average molecular weight is 536 g/mol. The molecule has 0 saturated heterocycles. The van der Waals surface area contributed by atoms with Crippen molar-refractivity contribution in [2.75, 3.05) is 0 Å². The molecule has 0 bridgehead atoms. The van der Waals surface area contributed by atoms with Crippen LogP contribution in [0.3, 0.4) is 0 Å². The highest BCUT2D eigenvalue weighted by Crippen LogP contribution is 2.43. The molecule has 0 amide bonds. The van der Waals surface area contributed by atoms with Crippen molar-refractivity contribution in [2.24, 2.45) is 0 Å². The quantitative estimate of drug-likeness (QED) is 0.225. The van der Waals surface area contributed by atoms with Crippen molar-refractivity contribution in [1.82, 2.24) is 14.5 Å². The normalized spacial score (nSPS) is 12.5. The molecule has 40 heavy (non-hydrogen) atoms. The van der Waals surface area contributed by atoms with Gasteiger partial charge in [-0.3, -0.25) is 9.55 Å². The van der Waals surface area contributed by atoms with Crippen molar-refractivity contribution in [3.05, 3.63) is 139 Å². The Hall–Kier alpha value is -4.87. The molecule has 1 unspecified atom stereocenters. The smallest absolute Gasteiger partial charge is 0.150 e. The second kappa shape index (κ2) is 9.11. The lowest BCUT2D eigenvalue weighted by Crippen LogP contribution is -1.99. The molecule has 0 aliphatic carbocycles. The monoisotopic (exact) mass is 535 g/mol. The molecule has 1 atom stereocenters. The van der Waals surface area contributed by atoms with Gasteiger partial charge in [0.25, 0.3) is 0 Å². The molecule has 0 aliphatic rings. The summed E-state index contributed by atoms with van der Waals surface area (Å²) >= 11 is 1.81. The Morgan fingerprint density at radius 3 is 2.35 bits per heavy atom. The van der Waals surface area contributed by atoms with Gasteiger partial charge in [0, 0.05) is 54.6 Å². The summed E-state index contributed by atoms with van der Waals surface area (Å²) in [6, 6.07) is 38.2. The van der Waals surface area contributed by atoms with Crippen LogP contribution in [0.15, 0.2) is 128 Å². The van der Waals surface area contributed by atoms with Crippen LogP contribution in [0.4, 0.5) is 4.39 Å². The minimum Gasteiger partial charge on any atom is -0.294 e. The molecule has 0 aliphatic heterocycles. The number of rotatable bonds is 4. The minimum atomic E-state index is -1.28. The van der Waals surface area contributed by atoms with Crippen molar-refractivity contribution in [3.8, 4) is 16.9 Å². The lowest BCUT2D eigenvalue weighted by atomic mass is 9.99. The van der Waals surface area contributed by atoms with Crippen molar-refractivity contribution >= 4 is 53.4 Å². The van der Waals surface area contributed by atoms with Gasteiger partial charge in [-0.15, -0.1) is 11.3 Å². The van der Waals surface area contributed by atoms with Gasteiger partial charge in [-0.25, -0.2) is 9.37 Å². The number of halogens is 1. The van der Waals surface area contributed by atoms with E-state index >= 15 is 4.39 Å². The van der Waals surface area contributed by atoms with Crippen molar-refractivity contribution < 1.29 is 4.39 Å². The molecule has 4 heterocycles. The highest BCUT2D eigenvalue weighted by Gasteiger charge is 2.20. The number of thiophene rings is 1. The van der Waals surface area contributed by atoms with Crippen LogP contribution in [0.1, 0.15) is 17.3 Å². The fourth-order valence-electron chi connectivity index (χ4n) is 5.77. The summed E-state index contributed by atoms with van der Waals surface area (Å²) in [7, 11) is 0. The molecule has 4 aromatic carbocycles. The van der Waals surface area contributed by atoms with E-state index in [-0.39, 0.29) is 0 Å². The molecule has 3 nitrogen and oxygen atoms in total. The van der Waals surface area contributed by atoms with Crippen molar-refractivity contribution in [3.63, 3.8) is 0 Å². The number of pyridine rings is 2. The molecule has 8 aromatic rings. The molecular formula is C35H22FN3S. The first-order valence-electron chi connectivity index (χ1n) is 13.2. The number of hydrogen-bond acceptors (Lipinski definition) is 3. The highest BCUT2D eigenvalue weighted by molar-refractivity contribution is 7.26. The van der Waals surface area contributed by atoms with Crippen LogP contribution >= 0.6 is 11.3 Å². The van der Waals surface area contributed by atoms with Crippen LogP contribution < -0.4 is 0 Å². The highest BCUT2D eigenvalue weighted by atomic mass is 32.1. The maximum Gasteiger partial charge on any atom is 0.150 e. The number of fused-ring (bicyclic) bond motifs is 7. The third kappa shape index (κ3) is 3.55. The zero-order valence-electron chi connectivity index (χ0n) is 21.3. The van der Waals surface area contributed by atoms with E-state index in [0.717, 1.165) is 33.5 Å². The number of benzene rings is 4. The molecule has 5 heteroatoms. The molecule has 0 spiro atoms. The Kier molecular flexibility index (Phi) is 5.25. The zero-order chi connectivity index (χ0) is 26.6. The maximum absolute atomic E-state index is 16.1. The first-order chi connectivity index (χ1) is 19.8. The van der Waals surface area contributed by atoms with E-state index in [1.165, 1.54) is 25.6 Å². The largest absolute Gasteiger partial charge is 0.294 e. The van der Waals surface area contributed by atoms with Crippen LogP contribution in [0.5, 0.6) is 0 Å². The van der Waals surface area contributed by atoms with Gasteiger partial charge >= 0.3 is 0 Å². The van der Waals surface area contributed by atoms with Gasteiger partial charge in [-0.05, 0) is 65.7 Å². The van der Waals surface area contributed by atoms with Crippen LogP contribution in [-0.4, -0.2) is 14.5 Å². The molecule has 4 aromatic heterocycles. The summed E-state index contributed by atoms with van der Waals surface area (Å²) in [5, 5.41) is 4.80. The molecule has 0 N–H and O–H groups in total. The summed E-state index contributed by atoms with van der Waals surface area (Å²) in [6.07, 6.45) is 2.30. The van der Waals surface area contributed by atoms with E-state index in [2.05, 4.69) is 52.0 Å². The number of nitrogens with zero attached hydrogens (tertiary/aromatic N) is 3.